The molecule has 1 rings (SSSR count). The summed E-state index contributed by atoms with van der Waals surface area (Å²) in [5.74, 6) is 6.31. The smallest absolute Gasteiger partial charge is 0.0326 e. The molecule has 15 heavy (non-hydrogen) atoms. The van der Waals surface area contributed by atoms with E-state index in [4.69, 9.17) is 5.73 Å². The maximum Gasteiger partial charge on any atom is 0.0326 e. The minimum atomic E-state index is 0.785. The third-order valence-electron chi connectivity index (χ3n) is 2.27. The number of hydrogen-bond acceptors (Lipinski definition) is 1. The highest BCUT2D eigenvalue weighted by molar-refractivity contribution is 5.46. The Kier molecular flexibility index (Phi) is 5.40. The molecule has 2 N–H and O–H groups in total. The van der Waals surface area contributed by atoms with Crippen LogP contribution in [0.15, 0.2) is 24.3 Å². The zero-order valence-corrected chi connectivity index (χ0v) is 9.42. The molecule has 0 aliphatic heterocycles. The first kappa shape index (κ1) is 11.7. The van der Waals surface area contributed by atoms with Crippen molar-refractivity contribution < 1.29 is 0 Å². The Balaban J connectivity index is 2.32. The lowest BCUT2D eigenvalue weighted by molar-refractivity contribution is 0.679. The fourth-order valence-electron chi connectivity index (χ4n) is 1.42. The molecule has 0 saturated carbocycles. The molecule has 0 atom stereocenters. The summed E-state index contributed by atoms with van der Waals surface area (Å²) in [6.07, 6.45) is 6.10. The standard InChI is InChI=1S/C14H19N/c1-2-3-4-5-6-7-9-13-10-8-11-14(15)12-13/h8,10-12H,2-6,15H2,1H3. The molecule has 1 aromatic rings. The van der Waals surface area contributed by atoms with Crippen molar-refractivity contribution >= 4 is 5.69 Å². The third kappa shape index (κ3) is 5.12. The molecule has 0 bridgehead atoms. The molecule has 1 nitrogen and oxygen atoms in total. The van der Waals surface area contributed by atoms with Gasteiger partial charge >= 0.3 is 0 Å². The molecule has 0 spiro atoms. The quantitative estimate of drug-likeness (QED) is 0.449. The van der Waals surface area contributed by atoms with E-state index >= 15 is 0 Å². The van der Waals surface area contributed by atoms with Gasteiger partial charge in [0.2, 0.25) is 0 Å². The molecule has 0 aliphatic rings. The van der Waals surface area contributed by atoms with Gasteiger partial charge in [-0.25, -0.2) is 0 Å². The molecular weight excluding hydrogens is 182 g/mol. The molecule has 0 aromatic heterocycles. The first-order valence-electron chi connectivity index (χ1n) is 5.67. The molecule has 0 heterocycles. The van der Waals surface area contributed by atoms with E-state index in [9.17, 15) is 0 Å². The van der Waals surface area contributed by atoms with Crippen molar-refractivity contribution in [3.8, 4) is 11.8 Å². The number of rotatable bonds is 4. The van der Waals surface area contributed by atoms with Crippen LogP contribution in [0.25, 0.3) is 0 Å². The van der Waals surface area contributed by atoms with Crippen LogP contribution in [-0.2, 0) is 0 Å². The predicted octanol–water partition coefficient (Wildman–Crippen LogP) is 3.59. The summed E-state index contributed by atoms with van der Waals surface area (Å²) in [7, 11) is 0. The second kappa shape index (κ2) is 6.95. The summed E-state index contributed by atoms with van der Waals surface area (Å²) in [6.45, 7) is 2.22. The monoisotopic (exact) mass is 201 g/mol. The predicted molar refractivity (Wildman–Crippen MR) is 66.5 cm³/mol. The van der Waals surface area contributed by atoms with Crippen LogP contribution in [0.5, 0.6) is 0 Å². The van der Waals surface area contributed by atoms with Gasteiger partial charge in [0.1, 0.15) is 0 Å². The summed E-state index contributed by atoms with van der Waals surface area (Å²) in [6, 6.07) is 7.73. The van der Waals surface area contributed by atoms with Crippen LogP contribution in [0.4, 0.5) is 5.69 Å². The lowest BCUT2D eigenvalue weighted by Gasteiger charge is -1.93. The molecular formula is C14H19N. The molecule has 80 valence electrons. The van der Waals surface area contributed by atoms with Crippen molar-refractivity contribution in [2.24, 2.45) is 0 Å². The molecule has 0 radical (unpaired) electrons. The third-order valence-corrected chi connectivity index (χ3v) is 2.27. The second-order valence-electron chi connectivity index (χ2n) is 3.74. The van der Waals surface area contributed by atoms with Gasteiger partial charge in [0.15, 0.2) is 0 Å². The van der Waals surface area contributed by atoms with Gasteiger partial charge in [-0.3, -0.25) is 0 Å². The van der Waals surface area contributed by atoms with Gasteiger partial charge < -0.3 is 5.73 Å². The minimum absolute atomic E-state index is 0.785. The summed E-state index contributed by atoms with van der Waals surface area (Å²) in [4.78, 5) is 0. The summed E-state index contributed by atoms with van der Waals surface area (Å²) >= 11 is 0. The first-order chi connectivity index (χ1) is 7.33. The Bertz CT molecular complexity index is 344. The SMILES string of the molecule is CCCCCCC#Cc1cccc(N)c1. The maximum absolute atomic E-state index is 5.66. The van der Waals surface area contributed by atoms with E-state index in [1.54, 1.807) is 0 Å². The molecule has 1 heteroatoms. The topological polar surface area (TPSA) is 26.0 Å². The van der Waals surface area contributed by atoms with Crippen molar-refractivity contribution in [2.75, 3.05) is 5.73 Å². The summed E-state index contributed by atoms with van der Waals surface area (Å²) < 4.78 is 0. The van der Waals surface area contributed by atoms with E-state index in [-0.39, 0.29) is 0 Å². The Morgan fingerprint density at radius 3 is 2.80 bits per heavy atom. The molecule has 0 fully saturated rings. The van der Waals surface area contributed by atoms with E-state index in [1.807, 2.05) is 24.3 Å². The Morgan fingerprint density at radius 2 is 2.07 bits per heavy atom. The van der Waals surface area contributed by atoms with Crippen molar-refractivity contribution in [3.05, 3.63) is 29.8 Å². The van der Waals surface area contributed by atoms with Gasteiger partial charge in [-0.2, -0.15) is 0 Å². The highest BCUT2D eigenvalue weighted by atomic mass is 14.5. The van der Waals surface area contributed by atoms with Gasteiger partial charge in [-0.1, -0.05) is 44.1 Å². The Labute approximate surface area is 92.7 Å². The number of hydrogen-bond donors (Lipinski definition) is 1. The van der Waals surface area contributed by atoms with Crippen molar-refractivity contribution in [3.63, 3.8) is 0 Å². The number of nitrogens with two attached hydrogens (primary N) is 1. The van der Waals surface area contributed by atoms with Gasteiger partial charge in [0, 0.05) is 17.7 Å². The van der Waals surface area contributed by atoms with Crippen LogP contribution in [0.3, 0.4) is 0 Å². The molecule has 0 amide bonds. The number of anilines is 1. The minimum Gasteiger partial charge on any atom is -0.399 e. The number of nitrogen functional groups attached to an aromatic ring is 1. The molecule has 0 unspecified atom stereocenters. The molecule has 1 aromatic carbocycles. The molecule has 0 aliphatic carbocycles. The number of unbranched alkanes of at least 4 members (excludes halogenated alkanes) is 4. The maximum atomic E-state index is 5.66. The van der Waals surface area contributed by atoms with Crippen LogP contribution in [-0.4, -0.2) is 0 Å². The number of benzene rings is 1. The van der Waals surface area contributed by atoms with Gasteiger partial charge in [-0.05, 0) is 24.6 Å². The van der Waals surface area contributed by atoms with Gasteiger partial charge in [0.25, 0.3) is 0 Å². The normalized spacial score (nSPS) is 9.40. The van der Waals surface area contributed by atoms with E-state index in [1.165, 1.54) is 25.7 Å². The van der Waals surface area contributed by atoms with Crippen molar-refractivity contribution in [2.45, 2.75) is 39.0 Å². The van der Waals surface area contributed by atoms with Crippen LogP contribution < -0.4 is 5.73 Å². The van der Waals surface area contributed by atoms with E-state index in [0.717, 1.165) is 17.7 Å². The lowest BCUT2D eigenvalue weighted by Crippen LogP contribution is -1.84. The fourth-order valence-corrected chi connectivity index (χ4v) is 1.42. The lowest BCUT2D eigenvalue weighted by atomic mass is 10.1. The Morgan fingerprint density at radius 1 is 1.20 bits per heavy atom. The largest absolute Gasteiger partial charge is 0.399 e. The van der Waals surface area contributed by atoms with E-state index in [0.29, 0.717) is 0 Å². The van der Waals surface area contributed by atoms with Crippen molar-refractivity contribution in [1.29, 1.82) is 0 Å². The average Bonchev–Trinajstić information content (AvgIpc) is 2.23. The van der Waals surface area contributed by atoms with Gasteiger partial charge in [-0.15, -0.1) is 0 Å². The average molecular weight is 201 g/mol. The fraction of sp³-hybridized carbons (Fsp3) is 0.429. The zero-order valence-electron chi connectivity index (χ0n) is 9.42. The second-order valence-corrected chi connectivity index (χ2v) is 3.74. The summed E-state index contributed by atoms with van der Waals surface area (Å²) in [5, 5.41) is 0. The van der Waals surface area contributed by atoms with Crippen LogP contribution in [0.2, 0.25) is 0 Å². The van der Waals surface area contributed by atoms with E-state index < -0.39 is 0 Å². The molecule has 0 saturated heterocycles. The summed E-state index contributed by atoms with van der Waals surface area (Å²) in [5.41, 5.74) is 7.46. The van der Waals surface area contributed by atoms with Crippen LogP contribution >= 0.6 is 0 Å². The van der Waals surface area contributed by atoms with E-state index in [2.05, 4.69) is 18.8 Å². The van der Waals surface area contributed by atoms with Crippen LogP contribution in [0, 0.1) is 11.8 Å². The zero-order chi connectivity index (χ0) is 10.9. The first-order valence-corrected chi connectivity index (χ1v) is 5.67. The Hall–Kier alpha value is -1.42. The van der Waals surface area contributed by atoms with Gasteiger partial charge in [0.05, 0.1) is 0 Å². The van der Waals surface area contributed by atoms with Crippen LogP contribution in [0.1, 0.15) is 44.6 Å². The highest BCUT2D eigenvalue weighted by Gasteiger charge is 1.87. The highest BCUT2D eigenvalue weighted by Crippen LogP contribution is 2.05. The van der Waals surface area contributed by atoms with Crippen molar-refractivity contribution in [1.82, 2.24) is 0 Å².